The monoisotopic (exact) mass is 560 g/mol. The van der Waals surface area contributed by atoms with Crippen LogP contribution in [0.2, 0.25) is 0 Å². The van der Waals surface area contributed by atoms with Gasteiger partial charge in [-0.15, -0.1) is 0 Å². The summed E-state index contributed by atoms with van der Waals surface area (Å²) in [7, 11) is 0. The molecule has 7 rings (SSSR count). The van der Waals surface area contributed by atoms with Crippen molar-refractivity contribution >= 4 is 17.5 Å². The number of para-hydroxylation sites is 2. The second-order valence-corrected chi connectivity index (χ2v) is 10.6. The maximum Gasteiger partial charge on any atom is 0.420 e. The van der Waals surface area contributed by atoms with Gasteiger partial charge in [-0.2, -0.15) is 0 Å². The standard InChI is InChI=1S/C33H24N2O7/c36-30(41-24-12-4-3-5-13-24)34-28-21-25(40-22-23-11-7-8-14-27(23)35(38)39)16-17-26(28)33-31(37)18-9-2-1-6-15-29(34)32(33,42-33)20-10-19-31/h1-5,7-8,11-14,16-17,21,29,37H,10,19-20,22H2/b2-1-/t29-,31+,32-,33-/m0/s1. The number of amides is 1. The van der Waals surface area contributed by atoms with Crippen molar-refractivity contribution in [3.8, 4) is 35.2 Å². The zero-order valence-corrected chi connectivity index (χ0v) is 22.3. The summed E-state index contributed by atoms with van der Waals surface area (Å²) < 4.78 is 18.4. The fourth-order valence-corrected chi connectivity index (χ4v) is 6.55. The van der Waals surface area contributed by atoms with Gasteiger partial charge in [-0.05, 0) is 55.7 Å². The average molecular weight is 561 g/mol. The third kappa shape index (κ3) is 3.72. The number of aliphatic hydroxyl groups is 1. The highest BCUT2D eigenvalue weighted by Crippen LogP contribution is 2.73. The molecule has 9 heteroatoms. The number of anilines is 1. The molecule has 208 valence electrons. The highest BCUT2D eigenvalue weighted by molar-refractivity contribution is 5.95. The second kappa shape index (κ2) is 9.49. The summed E-state index contributed by atoms with van der Waals surface area (Å²) in [5, 5.41) is 23.5. The number of carbonyl (C=O) groups excluding carboxylic acids is 1. The number of rotatable bonds is 5. The number of nitrogens with zero attached hydrogens (tertiary/aromatic N) is 2. The molecule has 9 nitrogen and oxygen atoms in total. The minimum atomic E-state index is -1.52. The molecule has 2 heterocycles. The molecular weight excluding hydrogens is 536 g/mol. The van der Waals surface area contributed by atoms with E-state index in [2.05, 4.69) is 23.7 Å². The molecule has 4 aliphatic rings. The summed E-state index contributed by atoms with van der Waals surface area (Å²) in [5.74, 6) is 12.9. The van der Waals surface area contributed by atoms with Crippen molar-refractivity contribution in [2.24, 2.45) is 0 Å². The van der Waals surface area contributed by atoms with Gasteiger partial charge < -0.3 is 19.3 Å². The molecule has 2 aliphatic carbocycles. The molecule has 4 bridgehead atoms. The van der Waals surface area contributed by atoms with Gasteiger partial charge in [0, 0.05) is 17.7 Å². The molecule has 42 heavy (non-hydrogen) atoms. The molecule has 1 N–H and O–H groups in total. The Morgan fingerprint density at radius 2 is 1.83 bits per heavy atom. The lowest BCUT2D eigenvalue weighted by atomic mass is 9.61. The lowest BCUT2D eigenvalue weighted by Crippen LogP contribution is -2.62. The van der Waals surface area contributed by atoms with Gasteiger partial charge >= 0.3 is 6.09 Å². The van der Waals surface area contributed by atoms with E-state index < -0.39 is 33.9 Å². The number of hydrogen-bond donors (Lipinski definition) is 1. The fourth-order valence-electron chi connectivity index (χ4n) is 6.55. The summed E-state index contributed by atoms with van der Waals surface area (Å²) in [5.41, 5.74) is -2.42. The first-order chi connectivity index (χ1) is 20.4. The molecule has 3 aromatic carbocycles. The van der Waals surface area contributed by atoms with Crippen LogP contribution in [-0.4, -0.2) is 33.4 Å². The van der Waals surface area contributed by atoms with E-state index in [0.717, 1.165) is 0 Å². The van der Waals surface area contributed by atoms with Gasteiger partial charge in [0.1, 0.15) is 29.7 Å². The highest BCUT2D eigenvalue weighted by atomic mass is 16.7. The zero-order valence-electron chi connectivity index (χ0n) is 22.3. The topological polar surface area (TPSA) is 115 Å². The summed E-state index contributed by atoms with van der Waals surface area (Å²) in [6.07, 6.45) is 4.07. The van der Waals surface area contributed by atoms with E-state index in [0.29, 0.717) is 47.6 Å². The Morgan fingerprint density at radius 3 is 2.67 bits per heavy atom. The normalized spacial score (nSPS) is 28.3. The predicted molar refractivity (Wildman–Crippen MR) is 152 cm³/mol. The van der Waals surface area contributed by atoms with Gasteiger partial charge in [-0.25, -0.2) is 4.79 Å². The lowest BCUT2D eigenvalue weighted by molar-refractivity contribution is -0.385. The van der Waals surface area contributed by atoms with E-state index in [-0.39, 0.29) is 12.3 Å². The van der Waals surface area contributed by atoms with Crippen molar-refractivity contribution in [2.75, 3.05) is 4.90 Å². The molecule has 0 aromatic heterocycles. The van der Waals surface area contributed by atoms with Gasteiger partial charge in [0.05, 0.1) is 16.2 Å². The molecule has 1 saturated carbocycles. The van der Waals surface area contributed by atoms with Crippen LogP contribution in [0, 0.1) is 33.8 Å². The number of carbonyl (C=O) groups is 1. The van der Waals surface area contributed by atoms with E-state index >= 15 is 0 Å². The minimum Gasteiger partial charge on any atom is -0.489 e. The van der Waals surface area contributed by atoms with E-state index in [1.165, 1.54) is 11.0 Å². The highest BCUT2D eigenvalue weighted by Gasteiger charge is 2.86. The van der Waals surface area contributed by atoms with Crippen molar-refractivity contribution in [3.63, 3.8) is 0 Å². The summed E-state index contributed by atoms with van der Waals surface area (Å²) in [4.78, 5) is 26.5. The predicted octanol–water partition coefficient (Wildman–Crippen LogP) is 5.02. The molecule has 0 unspecified atom stereocenters. The third-order valence-corrected chi connectivity index (χ3v) is 8.34. The third-order valence-electron chi connectivity index (χ3n) is 8.34. The molecule has 4 atom stereocenters. The Morgan fingerprint density at radius 1 is 1.05 bits per heavy atom. The number of hydrogen-bond acceptors (Lipinski definition) is 7. The van der Waals surface area contributed by atoms with Crippen LogP contribution in [-0.2, 0) is 16.9 Å². The summed E-state index contributed by atoms with van der Waals surface area (Å²) in [6, 6.07) is 19.4. The number of ether oxygens (including phenoxy) is 3. The molecular formula is C33H24N2O7. The maximum atomic E-state index is 13.9. The van der Waals surface area contributed by atoms with Crippen molar-refractivity contribution < 1.29 is 29.0 Å². The largest absolute Gasteiger partial charge is 0.489 e. The molecule has 0 radical (unpaired) electrons. The van der Waals surface area contributed by atoms with Gasteiger partial charge in [0.15, 0.2) is 11.2 Å². The first kappa shape index (κ1) is 25.8. The van der Waals surface area contributed by atoms with Gasteiger partial charge in [0.25, 0.3) is 5.69 Å². The van der Waals surface area contributed by atoms with E-state index in [1.807, 2.05) is 6.07 Å². The van der Waals surface area contributed by atoms with E-state index in [4.69, 9.17) is 14.2 Å². The zero-order chi connectivity index (χ0) is 29.0. The molecule has 2 aliphatic heterocycles. The van der Waals surface area contributed by atoms with E-state index in [1.54, 1.807) is 72.8 Å². The van der Waals surface area contributed by atoms with Crippen LogP contribution in [0.15, 0.2) is 84.9 Å². The molecule has 1 saturated heterocycles. The molecule has 2 fully saturated rings. The molecule has 3 aromatic rings. The Bertz CT molecular complexity index is 1780. The summed E-state index contributed by atoms with van der Waals surface area (Å²) >= 11 is 0. The number of fused-ring (bicyclic) bond motifs is 1. The van der Waals surface area contributed by atoms with Gasteiger partial charge in [-0.1, -0.05) is 60.1 Å². The van der Waals surface area contributed by atoms with Crippen molar-refractivity contribution in [2.45, 2.75) is 48.7 Å². The van der Waals surface area contributed by atoms with Crippen LogP contribution in [0.5, 0.6) is 11.5 Å². The fraction of sp³-hybridized carbons (Fsp3) is 0.242. The van der Waals surface area contributed by atoms with Crippen LogP contribution in [0.4, 0.5) is 16.2 Å². The van der Waals surface area contributed by atoms with Crippen LogP contribution in [0.1, 0.15) is 30.4 Å². The van der Waals surface area contributed by atoms with Crippen LogP contribution in [0.3, 0.4) is 0 Å². The van der Waals surface area contributed by atoms with Crippen LogP contribution >= 0.6 is 0 Å². The van der Waals surface area contributed by atoms with Gasteiger partial charge in [-0.3, -0.25) is 15.0 Å². The van der Waals surface area contributed by atoms with Gasteiger partial charge in [0.2, 0.25) is 0 Å². The number of epoxide rings is 1. The Kier molecular flexibility index (Phi) is 5.84. The number of allylic oxidation sites excluding steroid dienone is 2. The van der Waals surface area contributed by atoms with Crippen molar-refractivity contribution in [1.82, 2.24) is 0 Å². The number of nitro benzene ring substituents is 1. The summed E-state index contributed by atoms with van der Waals surface area (Å²) in [6.45, 7) is -0.0700. The van der Waals surface area contributed by atoms with Crippen molar-refractivity contribution in [3.05, 3.63) is 106 Å². The Balaban J connectivity index is 1.36. The van der Waals surface area contributed by atoms with Crippen molar-refractivity contribution in [1.29, 1.82) is 0 Å². The maximum absolute atomic E-state index is 13.9. The van der Waals surface area contributed by atoms with Crippen LogP contribution < -0.4 is 14.4 Å². The smallest absolute Gasteiger partial charge is 0.420 e. The molecule has 1 amide bonds. The molecule has 0 spiro atoms. The quantitative estimate of drug-likeness (QED) is 0.202. The lowest BCUT2D eigenvalue weighted by Gasteiger charge is -2.46. The first-order valence-electron chi connectivity index (χ1n) is 13.6. The number of nitro groups is 1. The van der Waals surface area contributed by atoms with E-state index in [9.17, 15) is 20.0 Å². The Labute approximate surface area is 241 Å². The minimum absolute atomic E-state index is 0.0535. The first-order valence-corrected chi connectivity index (χ1v) is 13.6. The SMILES string of the molecule is O=C(Oc1ccccc1)N1c2cc(OCc3ccccc3[N+](=O)[O-])ccc2[C@@]23O[C@]24CCC[C@]3(O)C#C/C=C\C#C[C@H]14. The Hall–Kier alpha value is -5.09. The number of benzene rings is 3. The second-order valence-electron chi connectivity index (χ2n) is 10.6. The van der Waals surface area contributed by atoms with Crippen LogP contribution in [0.25, 0.3) is 0 Å². The average Bonchev–Trinajstić information content (AvgIpc) is 3.71.